The lowest BCUT2D eigenvalue weighted by Gasteiger charge is -2.26. The number of para-hydroxylation sites is 1. The molecule has 0 radical (unpaired) electrons. The summed E-state index contributed by atoms with van der Waals surface area (Å²) in [7, 11) is 4.36. The van der Waals surface area contributed by atoms with Gasteiger partial charge in [-0.2, -0.15) is 0 Å². The summed E-state index contributed by atoms with van der Waals surface area (Å²) < 4.78 is 2.57. The predicted molar refractivity (Wildman–Crippen MR) is 86.5 cm³/mol. The van der Waals surface area contributed by atoms with Gasteiger partial charge in [0.1, 0.15) is 0 Å². The molecule has 0 saturated heterocycles. The zero-order valence-electron chi connectivity index (χ0n) is 13.0. The highest BCUT2D eigenvalue weighted by molar-refractivity contribution is 5.86. The Labute approximate surface area is 122 Å². The van der Waals surface area contributed by atoms with Crippen LogP contribution in [0.3, 0.4) is 0 Å². The van der Waals surface area contributed by atoms with Crippen molar-refractivity contribution in [2.75, 3.05) is 20.6 Å². The summed E-state index contributed by atoms with van der Waals surface area (Å²) in [5.41, 5.74) is 4.72. The molecule has 0 unspecified atom stereocenters. The van der Waals surface area contributed by atoms with E-state index in [1.54, 1.807) is 11.3 Å². The maximum atomic E-state index is 2.57. The smallest absolute Gasteiger partial charge is 0.0485 e. The highest BCUT2D eigenvalue weighted by Crippen LogP contribution is 2.40. The van der Waals surface area contributed by atoms with E-state index in [1.165, 1.54) is 43.1 Å². The molecular weight excluding hydrogens is 244 g/mol. The van der Waals surface area contributed by atoms with Gasteiger partial charge in [-0.05, 0) is 64.9 Å². The Morgan fingerprint density at radius 3 is 2.80 bits per heavy atom. The molecular formula is C18H26N2. The maximum Gasteiger partial charge on any atom is 0.0485 e. The van der Waals surface area contributed by atoms with Crippen LogP contribution < -0.4 is 0 Å². The Morgan fingerprint density at radius 1 is 1.25 bits per heavy atom. The lowest BCUT2D eigenvalue weighted by molar-refractivity contribution is 0.362. The van der Waals surface area contributed by atoms with E-state index in [9.17, 15) is 0 Å². The van der Waals surface area contributed by atoms with Crippen LogP contribution in [0, 0.1) is 0 Å². The third kappa shape index (κ3) is 2.26. The monoisotopic (exact) mass is 270 g/mol. The molecule has 3 rings (SSSR count). The van der Waals surface area contributed by atoms with Crippen LogP contribution in [-0.2, 0) is 13.0 Å². The summed E-state index contributed by atoms with van der Waals surface area (Å²) >= 11 is 0. The maximum absolute atomic E-state index is 2.57. The zero-order chi connectivity index (χ0) is 14.1. The number of rotatable bonds is 4. The van der Waals surface area contributed by atoms with Crippen molar-refractivity contribution in [3.63, 3.8) is 0 Å². The van der Waals surface area contributed by atoms with E-state index in [1.807, 2.05) is 0 Å². The number of aromatic nitrogens is 1. The minimum absolute atomic E-state index is 0.744. The molecule has 0 spiro atoms. The fourth-order valence-corrected chi connectivity index (χ4v) is 3.82. The van der Waals surface area contributed by atoms with Crippen molar-refractivity contribution in [1.82, 2.24) is 9.47 Å². The number of nitrogens with zero attached hydrogens (tertiary/aromatic N) is 2. The average Bonchev–Trinajstić information content (AvgIpc) is 2.79. The number of hydrogen-bond acceptors (Lipinski definition) is 1. The summed E-state index contributed by atoms with van der Waals surface area (Å²) in [6, 6.07) is 8.97. The van der Waals surface area contributed by atoms with Crippen LogP contribution in [0.25, 0.3) is 10.9 Å². The second-order valence-electron chi connectivity index (χ2n) is 6.31. The first kappa shape index (κ1) is 13.7. The van der Waals surface area contributed by atoms with Gasteiger partial charge >= 0.3 is 0 Å². The van der Waals surface area contributed by atoms with Gasteiger partial charge in [0.15, 0.2) is 0 Å². The van der Waals surface area contributed by atoms with E-state index in [4.69, 9.17) is 0 Å². The van der Waals surface area contributed by atoms with Gasteiger partial charge in [0.2, 0.25) is 0 Å². The Balaban J connectivity index is 2.07. The molecule has 1 atom stereocenters. The molecule has 0 amide bonds. The summed E-state index contributed by atoms with van der Waals surface area (Å²) in [4.78, 5) is 2.31. The molecule has 0 aliphatic heterocycles. The SMILES string of the molecule is CCn1c2c(c3ccccc31)CCC[C@@H]2CCN(C)C. The summed E-state index contributed by atoms with van der Waals surface area (Å²) in [6.45, 7) is 4.56. The molecule has 0 N–H and O–H groups in total. The van der Waals surface area contributed by atoms with Crippen molar-refractivity contribution in [2.45, 2.75) is 45.1 Å². The van der Waals surface area contributed by atoms with Crippen LogP contribution in [0.15, 0.2) is 24.3 Å². The van der Waals surface area contributed by atoms with Gasteiger partial charge in [0.25, 0.3) is 0 Å². The Morgan fingerprint density at radius 2 is 2.05 bits per heavy atom. The second-order valence-corrected chi connectivity index (χ2v) is 6.31. The Bertz CT molecular complexity index is 562. The molecule has 1 aromatic carbocycles. The standard InChI is InChI=1S/C18H26N2/c1-4-20-17-11-6-5-9-15(17)16-10-7-8-14(18(16)20)12-13-19(2)3/h5-6,9,11,14H,4,7-8,10,12-13H2,1-3H3/t14-/m1/s1. The van der Waals surface area contributed by atoms with Crippen LogP contribution in [0.5, 0.6) is 0 Å². The average molecular weight is 270 g/mol. The number of aryl methyl sites for hydroxylation is 2. The van der Waals surface area contributed by atoms with Gasteiger partial charge in [-0.3, -0.25) is 0 Å². The molecule has 1 aliphatic rings. The quantitative estimate of drug-likeness (QED) is 0.814. The Hall–Kier alpha value is -1.28. The molecule has 2 aromatic rings. The first-order valence-corrected chi connectivity index (χ1v) is 7.97. The summed E-state index contributed by atoms with van der Waals surface area (Å²) in [5, 5.41) is 1.50. The third-order valence-electron chi connectivity index (χ3n) is 4.73. The van der Waals surface area contributed by atoms with Gasteiger partial charge in [-0.1, -0.05) is 18.2 Å². The highest BCUT2D eigenvalue weighted by Gasteiger charge is 2.26. The summed E-state index contributed by atoms with van der Waals surface area (Å²) in [5.74, 6) is 0.744. The van der Waals surface area contributed by atoms with Crippen LogP contribution in [0.4, 0.5) is 0 Å². The number of benzene rings is 1. The van der Waals surface area contributed by atoms with Crippen LogP contribution in [-0.4, -0.2) is 30.1 Å². The van der Waals surface area contributed by atoms with E-state index in [0.29, 0.717) is 0 Å². The second kappa shape index (κ2) is 5.61. The van der Waals surface area contributed by atoms with Crippen molar-refractivity contribution < 1.29 is 0 Å². The highest BCUT2D eigenvalue weighted by atomic mass is 15.1. The van der Waals surface area contributed by atoms with E-state index in [2.05, 4.69) is 54.8 Å². The Kier molecular flexibility index (Phi) is 3.84. The van der Waals surface area contributed by atoms with E-state index in [0.717, 1.165) is 12.5 Å². The molecule has 0 bridgehead atoms. The largest absolute Gasteiger partial charge is 0.344 e. The third-order valence-corrected chi connectivity index (χ3v) is 4.73. The van der Waals surface area contributed by atoms with Crippen molar-refractivity contribution in [1.29, 1.82) is 0 Å². The van der Waals surface area contributed by atoms with Gasteiger partial charge in [-0.15, -0.1) is 0 Å². The lowest BCUT2D eigenvalue weighted by Crippen LogP contribution is -2.20. The van der Waals surface area contributed by atoms with Crippen LogP contribution in [0.1, 0.15) is 43.4 Å². The van der Waals surface area contributed by atoms with Gasteiger partial charge in [0, 0.05) is 29.1 Å². The summed E-state index contributed by atoms with van der Waals surface area (Å²) in [6.07, 6.45) is 5.26. The first-order chi connectivity index (χ1) is 9.72. The minimum Gasteiger partial charge on any atom is -0.344 e. The molecule has 1 aliphatic carbocycles. The fraction of sp³-hybridized carbons (Fsp3) is 0.556. The van der Waals surface area contributed by atoms with E-state index in [-0.39, 0.29) is 0 Å². The van der Waals surface area contributed by atoms with Gasteiger partial charge in [0.05, 0.1) is 0 Å². The minimum atomic E-state index is 0.744. The van der Waals surface area contributed by atoms with Crippen molar-refractivity contribution in [2.24, 2.45) is 0 Å². The molecule has 1 aromatic heterocycles. The zero-order valence-corrected chi connectivity index (χ0v) is 13.0. The molecule has 0 fully saturated rings. The van der Waals surface area contributed by atoms with Gasteiger partial charge in [-0.25, -0.2) is 0 Å². The van der Waals surface area contributed by atoms with Crippen molar-refractivity contribution in [3.8, 4) is 0 Å². The number of hydrogen-bond donors (Lipinski definition) is 0. The first-order valence-electron chi connectivity index (χ1n) is 7.97. The predicted octanol–water partition coefficient (Wildman–Crippen LogP) is 4.03. The molecule has 108 valence electrons. The van der Waals surface area contributed by atoms with Crippen molar-refractivity contribution in [3.05, 3.63) is 35.5 Å². The van der Waals surface area contributed by atoms with Crippen LogP contribution >= 0.6 is 0 Å². The molecule has 2 nitrogen and oxygen atoms in total. The molecule has 20 heavy (non-hydrogen) atoms. The molecule has 0 saturated carbocycles. The van der Waals surface area contributed by atoms with Gasteiger partial charge < -0.3 is 9.47 Å². The van der Waals surface area contributed by atoms with Crippen molar-refractivity contribution >= 4 is 10.9 Å². The lowest BCUT2D eigenvalue weighted by atomic mass is 9.84. The molecule has 2 heteroatoms. The topological polar surface area (TPSA) is 8.17 Å². The fourth-order valence-electron chi connectivity index (χ4n) is 3.82. The molecule has 1 heterocycles. The van der Waals surface area contributed by atoms with E-state index >= 15 is 0 Å². The van der Waals surface area contributed by atoms with E-state index < -0.39 is 0 Å². The van der Waals surface area contributed by atoms with Crippen LogP contribution in [0.2, 0.25) is 0 Å². The normalized spacial score (nSPS) is 18.7. The number of fused-ring (bicyclic) bond motifs is 3.